The van der Waals surface area contributed by atoms with Crippen molar-refractivity contribution in [3.05, 3.63) is 23.9 Å². The zero-order chi connectivity index (χ0) is 21.1. The highest BCUT2D eigenvalue weighted by atomic mass is 19.3. The van der Waals surface area contributed by atoms with Gasteiger partial charge >= 0.3 is 0 Å². The van der Waals surface area contributed by atoms with Crippen LogP contribution in [0.1, 0.15) is 54.2 Å². The summed E-state index contributed by atoms with van der Waals surface area (Å²) >= 11 is 0. The molecule has 0 unspecified atom stereocenters. The van der Waals surface area contributed by atoms with Gasteiger partial charge in [-0.3, -0.25) is 0 Å². The lowest BCUT2D eigenvalue weighted by molar-refractivity contribution is 0.0129. The van der Waals surface area contributed by atoms with Gasteiger partial charge in [0.15, 0.2) is 5.82 Å². The monoisotopic (exact) mass is 392 g/mol. The van der Waals surface area contributed by atoms with Crippen LogP contribution in [0.5, 0.6) is 0 Å². The first-order valence-corrected chi connectivity index (χ1v) is 9.62. The van der Waals surface area contributed by atoms with Crippen LogP contribution < -0.4 is 10.6 Å². The Bertz CT molecular complexity index is 754. The molecule has 2 rings (SSSR count). The molecular formula is C20H30F2N6. The maximum absolute atomic E-state index is 13.7. The molecule has 0 radical (unpaired) electrons. The maximum atomic E-state index is 13.7. The van der Waals surface area contributed by atoms with Gasteiger partial charge in [-0.15, -0.1) is 0 Å². The van der Waals surface area contributed by atoms with E-state index in [0.717, 1.165) is 6.92 Å². The van der Waals surface area contributed by atoms with E-state index in [1.165, 1.54) is 12.1 Å². The summed E-state index contributed by atoms with van der Waals surface area (Å²) in [5, 5.41) is 6.52. The van der Waals surface area contributed by atoms with Crippen molar-refractivity contribution < 1.29 is 8.78 Å². The molecule has 6 nitrogen and oxygen atoms in total. The van der Waals surface area contributed by atoms with Gasteiger partial charge in [0.25, 0.3) is 5.92 Å². The second kappa shape index (κ2) is 8.75. The van der Waals surface area contributed by atoms with Gasteiger partial charge in [-0.2, -0.15) is 23.7 Å². The van der Waals surface area contributed by atoms with E-state index in [-0.39, 0.29) is 29.3 Å². The summed E-state index contributed by atoms with van der Waals surface area (Å²) in [6.07, 6.45) is 0. The standard InChI is InChI=1S/C20H30F2N6/c1-11(2)13(5)23-18-26-17(27-19(28-18)24-14(6)12(3)4)15-9-8-10-16(25-15)20(7,21)22/h8-14H,1-7H3,(H2,23,24,26,27,28)/t13-,14-/m1/s1. The van der Waals surface area contributed by atoms with Gasteiger partial charge in [0.2, 0.25) is 11.9 Å². The van der Waals surface area contributed by atoms with Crippen LogP contribution in [0.2, 0.25) is 0 Å². The van der Waals surface area contributed by atoms with Crippen molar-refractivity contribution >= 4 is 11.9 Å². The third-order valence-electron chi connectivity index (χ3n) is 4.78. The van der Waals surface area contributed by atoms with E-state index in [2.05, 4.69) is 58.3 Å². The molecule has 28 heavy (non-hydrogen) atoms. The topological polar surface area (TPSA) is 75.6 Å². The van der Waals surface area contributed by atoms with Crippen LogP contribution in [-0.2, 0) is 5.92 Å². The Hall–Kier alpha value is -2.38. The molecule has 2 heterocycles. The number of hydrogen-bond acceptors (Lipinski definition) is 6. The number of rotatable bonds is 8. The number of alkyl halides is 2. The number of nitrogens with one attached hydrogen (secondary N) is 2. The minimum Gasteiger partial charge on any atom is -0.351 e. The van der Waals surface area contributed by atoms with Gasteiger partial charge in [0, 0.05) is 19.0 Å². The molecule has 0 saturated heterocycles. The van der Waals surface area contributed by atoms with Crippen LogP contribution in [0.25, 0.3) is 11.5 Å². The molecule has 0 aromatic carbocycles. The third kappa shape index (κ3) is 5.81. The highest BCUT2D eigenvalue weighted by Crippen LogP contribution is 2.27. The summed E-state index contributed by atoms with van der Waals surface area (Å²) in [5.74, 6) is -1.28. The summed E-state index contributed by atoms with van der Waals surface area (Å²) in [4.78, 5) is 17.4. The zero-order valence-corrected chi connectivity index (χ0v) is 17.6. The normalized spacial score (nSPS) is 14.2. The molecule has 0 amide bonds. The molecule has 2 atom stereocenters. The molecule has 0 aliphatic rings. The fraction of sp³-hybridized carbons (Fsp3) is 0.600. The minimum absolute atomic E-state index is 0.130. The molecule has 0 fully saturated rings. The quantitative estimate of drug-likeness (QED) is 0.661. The van der Waals surface area contributed by atoms with Crippen molar-refractivity contribution in [2.45, 2.75) is 66.5 Å². The zero-order valence-electron chi connectivity index (χ0n) is 17.6. The van der Waals surface area contributed by atoms with Gasteiger partial charge in [0.05, 0.1) is 0 Å². The van der Waals surface area contributed by atoms with Crippen molar-refractivity contribution in [1.29, 1.82) is 0 Å². The van der Waals surface area contributed by atoms with E-state index >= 15 is 0 Å². The van der Waals surface area contributed by atoms with E-state index in [0.29, 0.717) is 23.7 Å². The van der Waals surface area contributed by atoms with Crippen LogP contribution in [0, 0.1) is 11.8 Å². The number of hydrogen-bond donors (Lipinski definition) is 2. The highest BCUT2D eigenvalue weighted by Gasteiger charge is 2.27. The lowest BCUT2D eigenvalue weighted by Gasteiger charge is -2.20. The molecule has 2 aromatic rings. The predicted molar refractivity (Wildman–Crippen MR) is 108 cm³/mol. The first-order chi connectivity index (χ1) is 13.0. The second-order valence-electron chi connectivity index (χ2n) is 7.96. The lowest BCUT2D eigenvalue weighted by atomic mass is 10.1. The Morgan fingerprint density at radius 3 is 1.71 bits per heavy atom. The Labute approximate surface area is 165 Å². The average Bonchev–Trinajstić information content (AvgIpc) is 2.60. The molecule has 8 heteroatoms. The Morgan fingerprint density at radius 1 is 0.786 bits per heavy atom. The highest BCUT2D eigenvalue weighted by molar-refractivity contribution is 5.54. The largest absolute Gasteiger partial charge is 0.351 e. The maximum Gasteiger partial charge on any atom is 0.286 e. The number of aromatic nitrogens is 4. The summed E-state index contributed by atoms with van der Waals surface area (Å²) in [6, 6.07) is 4.71. The smallest absolute Gasteiger partial charge is 0.286 e. The molecule has 2 aromatic heterocycles. The van der Waals surface area contributed by atoms with E-state index in [9.17, 15) is 8.78 Å². The molecule has 0 aliphatic heterocycles. The summed E-state index contributed by atoms with van der Waals surface area (Å²) in [5.41, 5.74) is -0.0394. The van der Waals surface area contributed by atoms with E-state index in [1.54, 1.807) is 6.07 Å². The van der Waals surface area contributed by atoms with Crippen molar-refractivity contribution in [3.63, 3.8) is 0 Å². The fourth-order valence-corrected chi connectivity index (χ4v) is 2.16. The number of nitrogens with zero attached hydrogens (tertiary/aromatic N) is 4. The molecule has 0 bridgehead atoms. The lowest BCUT2D eigenvalue weighted by Crippen LogP contribution is -2.26. The van der Waals surface area contributed by atoms with Crippen LogP contribution in [0.3, 0.4) is 0 Å². The van der Waals surface area contributed by atoms with Crippen molar-refractivity contribution in [1.82, 2.24) is 19.9 Å². The summed E-state index contributed by atoms with van der Waals surface area (Å²) in [6.45, 7) is 13.3. The van der Waals surface area contributed by atoms with Gasteiger partial charge in [-0.25, -0.2) is 4.98 Å². The Morgan fingerprint density at radius 2 is 1.29 bits per heavy atom. The molecule has 0 spiro atoms. The first kappa shape index (κ1) is 21.9. The van der Waals surface area contributed by atoms with Crippen LogP contribution >= 0.6 is 0 Å². The molecule has 2 N–H and O–H groups in total. The van der Waals surface area contributed by atoms with E-state index in [1.807, 2.05) is 13.8 Å². The van der Waals surface area contributed by atoms with Gasteiger partial charge in [0.1, 0.15) is 11.4 Å². The molecular weight excluding hydrogens is 362 g/mol. The Kier molecular flexibility index (Phi) is 6.85. The van der Waals surface area contributed by atoms with Crippen molar-refractivity contribution in [2.24, 2.45) is 11.8 Å². The van der Waals surface area contributed by atoms with Gasteiger partial charge in [-0.1, -0.05) is 33.8 Å². The van der Waals surface area contributed by atoms with E-state index in [4.69, 9.17) is 0 Å². The van der Waals surface area contributed by atoms with E-state index < -0.39 is 5.92 Å². The fourth-order valence-electron chi connectivity index (χ4n) is 2.16. The first-order valence-electron chi connectivity index (χ1n) is 9.62. The van der Waals surface area contributed by atoms with Crippen molar-refractivity contribution in [2.75, 3.05) is 10.6 Å². The molecule has 0 aliphatic carbocycles. The molecule has 0 saturated carbocycles. The van der Waals surface area contributed by atoms with Crippen LogP contribution in [-0.4, -0.2) is 32.0 Å². The summed E-state index contributed by atoms with van der Waals surface area (Å²) < 4.78 is 27.4. The minimum atomic E-state index is -3.04. The number of pyridine rings is 1. The molecule has 154 valence electrons. The number of halogens is 2. The average molecular weight is 392 g/mol. The second-order valence-corrected chi connectivity index (χ2v) is 7.96. The SMILES string of the molecule is CC(C)[C@@H](C)Nc1nc(N[C@H](C)C(C)C)nc(-c2cccc(C(C)(F)F)n2)n1. The van der Waals surface area contributed by atoms with Crippen molar-refractivity contribution in [3.8, 4) is 11.5 Å². The predicted octanol–water partition coefficient (Wildman–Crippen LogP) is 4.96. The van der Waals surface area contributed by atoms with Gasteiger partial charge in [-0.05, 0) is 37.8 Å². The Balaban J connectivity index is 2.47. The van der Waals surface area contributed by atoms with Crippen LogP contribution in [0.15, 0.2) is 18.2 Å². The number of anilines is 2. The van der Waals surface area contributed by atoms with Crippen LogP contribution in [0.4, 0.5) is 20.7 Å². The van der Waals surface area contributed by atoms with Gasteiger partial charge < -0.3 is 10.6 Å². The summed E-state index contributed by atoms with van der Waals surface area (Å²) in [7, 11) is 0. The third-order valence-corrected chi connectivity index (χ3v) is 4.78.